The van der Waals surface area contributed by atoms with Gasteiger partial charge in [-0.25, -0.2) is 9.59 Å². The Labute approximate surface area is 176 Å². The number of carbonyl (C=O) groups excluding carboxylic acids is 2. The highest BCUT2D eigenvalue weighted by atomic mass is 16.6. The number of alkyl carbamates (subject to hydrolysis) is 1. The van der Waals surface area contributed by atoms with Crippen LogP contribution in [0.3, 0.4) is 0 Å². The van der Waals surface area contributed by atoms with E-state index in [1.54, 1.807) is 20.8 Å². The van der Waals surface area contributed by atoms with Gasteiger partial charge in [-0.1, -0.05) is 30.3 Å². The lowest BCUT2D eigenvalue weighted by molar-refractivity contribution is -0.576. The van der Waals surface area contributed by atoms with Crippen molar-refractivity contribution in [3.63, 3.8) is 0 Å². The number of rotatable bonds is 7. The summed E-state index contributed by atoms with van der Waals surface area (Å²) in [4.78, 5) is 37.0. The van der Waals surface area contributed by atoms with E-state index >= 15 is 0 Å². The molecule has 0 aromatic heterocycles. The van der Waals surface area contributed by atoms with Crippen molar-refractivity contribution in [1.82, 2.24) is 10.2 Å². The molecular weight excluding hydrogens is 390 g/mol. The zero-order valence-corrected chi connectivity index (χ0v) is 17.9. The molecule has 30 heavy (non-hydrogen) atoms. The first-order valence-electron chi connectivity index (χ1n) is 10.2. The number of amides is 2. The average Bonchev–Trinajstić information content (AvgIpc) is 2.69. The van der Waals surface area contributed by atoms with E-state index in [0.717, 1.165) is 5.56 Å². The number of ether oxygens (including phenoxy) is 2. The van der Waals surface area contributed by atoms with Crippen molar-refractivity contribution in [2.24, 2.45) is 0 Å². The van der Waals surface area contributed by atoms with E-state index < -0.39 is 23.3 Å². The molecule has 9 heteroatoms. The van der Waals surface area contributed by atoms with Gasteiger partial charge in [0.25, 0.3) is 0 Å². The second-order valence-corrected chi connectivity index (χ2v) is 8.54. The minimum Gasteiger partial charge on any atom is -0.445 e. The Balaban J connectivity index is 1.73. The number of hydrogen-bond donors (Lipinski definition) is 1. The molecule has 0 aliphatic carbocycles. The van der Waals surface area contributed by atoms with Crippen LogP contribution in [0.5, 0.6) is 0 Å². The predicted octanol–water partition coefficient (Wildman–Crippen LogP) is 3.74. The third-order valence-electron chi connectivity index (χ3n) is 5.03. The minimum atomic E-state index is -1.09. The first-order valence-corrected chi connectivity index (χ1v) is 10.2. The number of carbonyl (C=O) groups is 2. The molecule has 1 aromatic rings. The van der Waals surface area contributed by atoms with Gasteiger partial charge in [0.1, 0.15) is 12.2 Å². The van der Waals surface area contributed by atoms with Crippen LogP contribution in [-0.2, 0) is 16.1 Å². The molecule has 0 bridgehead atoms. The van der Waals surface area contributed by atoms with Crippen LogP contribution in [0.2, 0.25) is 0 Å². The maximum atomic E-state index is 12.2. The molecule has 2 amide bonds. The number of hydrogen-bond acceptors (Lipinski definition) is 6. The molecule has 0 atom stereocenters. The van der Waals surface area contributed by atoms with Crippen molar-refractivity contribution < 1.29 is 24.0 Å². The Bertz CT molecular complexity index is 724. The normalized spacial score (nSPS) is 15.9. The Hall–Kier alpha value is -2.84. The van der Waals surface area contributed by atoms with Gasteiger partial charge in [0, 0.05) is 43.8 Å². The molecule has 1 fully saturated rings. The van der Waals surface area contributed by atoms with Crippen molar-refractivity contribution in [3.05, 3.63) is 46.0 Å². The van der Waals surface area contributed by atoms with Gasteiger partial charge in [-0.2, -0.15) is 0 Å². The standard InChI is InChI=1S/C21H31N3O6/c1-20(2,3)30-19(26)23-14-11-21(12-15-23,24(27)28)10-7-13-22-18(25)29-16-17-8-5-4-6-9-17/h4-6,8-9H,7,10-16H2,1-3H3,(H,22,25). The number of nitrogens with one attached hydrogen (secondary N) is 1. The highest BCUT2D eigenvalue weighted by Crippen LogP contribution is 2.31. The van der Waals surface area contributed by atoms with E-state index in [1.165, 1.54) is 4.90 Å². The summed E-state index contributed by atoms with van der Waals surface area (Å²) in [6.45, 7) is 6.38. The zero-order chi connectivity index (χ0) is 22.2. The molecule has 1 heterocycles. The van der Waals surface area contributed by atoms with Crippen LogP contribution >= 0.6 is 0 Å². The molecule has 0 saturated carbocycles. The summed E-state index contributed by atoms with van der Waals surface area (Å²) < 4.78 is 10.5. The van der Waals surface area contributed by atoms with Crippen LogP contribution in [0.25, 0.3) is 0 Å². The van der Waals surface area contributed by atoms with E-state index in [-0.39, 0.29) is 37.5 Å². The first-order chi connectivity index (χ1) is 14.1. The largest absolute Gasteiger partial charge is 0.445 e. The van der Waals surface area contributed by atoms with Gasteiger partial charge in [0.15, 0.2) is 0 Å². The predicted molar refractivity (Wildman–Crippen MR) is 111 cm³/mol. The fraction of sp³-hybridized carbons (Fsp3) is 0.619. The molecule has 0 unspecified atom stereocenters. The molecule has 1 aromatic carbocycles. The smallest absolute Gasteiger partial charge is 0.410 e. The van der Waals surface area contributed by atoms with Gasteiger partial charge in [0.05, 0.1) is 0 Å². The van der Waals surface area contributed by atoms with Crippen molar-refractivity contribution in [2.45, 2.75) is 64.2 Å². The second kappa shape index (κ2) is 10.3. The highest BCUT2D eigenvalue weighted by Gasteiger charge is 2.46. The maximum Gasteiger partial charge on any atom is 0.410 e. The summed E-state index contributed by atoms with van der Waals surface area (Å²) >= 11 is 0. The van der Waals surface area contributed by atoms with Crippen molar-refractivity contribution in [3.8, 4) is 0 Å². The number of likely N-dealkylation sites (tertiary alicyclic amines) is 1. The van der Waals surface area contributed by atoms with E-state index in [0.29, 0.717) is 19.4 Å². The molecule has 1 saturated heterocycles. The van der Waals surface area contributed by atoms with Crippen molar-refractivity contribution >= 4 is 12.2 Å². The van der Waals surface area contributed by atoms with Crippen LogP contribution in [0.15, 0.2) is 30.3 Å². The van der Waals surface area contributed by atoms with Crippen LogP contribution < -0.4 is 5.32 Å². The molecule has 0 spiro atoms. The van der Waals surface area contributed by atoms with Gasteiger partial charge < -0.3 is 19.7 Å². The van der Waals surface area contributed by atoms with Crippen LogP contribution in [0.4, 0.5) is 9.59 Å². The number of benzene rings is 1. The van der Waals surface area contributed by atoms with Gasteiger partial charge >= 0.3 is 12.2 Å². The van der Waals surface area contributed by atoms with Gasteiger partial charge in [-0.05, 0) is 32.8 Å². The highest BCUT2D eigenvalue weighted by molar-refractivity contribution is 5.68. The Kier molecular flexibility index (Phi) is 8.02. The number of nitrogens with zero attached hydrogens (tertiary/aromatic N) is 2. The second-order valence-electron chi connectivity index (χ2n) is 8.54. The molecule has 1 N–H and O–H groups in total. The number of piperidine rings is 1. The van der Waals surface area contributed by atoms with Crippen LogP contribution in [0.1, 0.15) is 52.0 Å². The van der Waals surface area contributed by atoms with E-state index in [2.05, 4.69) is 5.32 Å². The summed E-state index contributed by atoms with van der Waals surface area (Å²) in [5.41, 5.74) is -0.805. The molecule has 1 aliphatic heterocycles. The van der Waals surface area contributed by atoms with E-state index in [9.17, 15) is 19.7 Å². The Morgan fingerprint density at radius 1 is 1.20 bits per heavy atom. The van der Waals surface area contributed by atoms with Crippen LogP contribution in [0, 0.1) is 10.1 Å². The molecule has 9 nitrogen and oxygen atoms in total. The topological polar surface area (TPSA) is 111 Å². The van der Waals surface area contributed by atoms with Crippen LogP contribution in [-0.4, -0.2) is 52.8 Å². The summed E-state index contributed by atoms with van der Waals surface area (Å²) in [6.07, 6.45) is 0.306. The van der Waals surface area contributed by atoms with E-state index in [4.69, 9.17) is 9.47 Å². The molecule has 166 valence electrons. The van der Waals surface area contributed by atoms with E-state index in [1.807, 2.05) is 30.3 Å². The maximum absolute atomic E-state index is 12.2. The fourth-order valence-corrected chi connectivity index (χ4v) is 3.34. The monoisotopic (exact) mass is 421 g/mol. The van der Waals surface area contributed by atoms with Crippen molar-refractivity contribution in [1.29, 1.82) is 0 Å². The quantitative estimate of drug-likeness (QED) is 0.408. The summed E-state index contributed by atoms with van der Waals surface area (Å²) in [5.74, 6) is 0. The lowest BCUT2D eigenvalue weighted by Gasteiger charge is -2.36. The Morgan fingerprint density at radius 3 is 2.40 bits per heavy atom. The lowest BCUT2D eigenvalue weighted by Crippen LogP contribution is -2.51. The lowest BCUT2D eigenvalue weighted by atomic mass is 9.84. The number of nitro groups is 1. The zero-order valence-electron chi connectivity index (χ0n) is 17.9. The minimum absolute atomic E-state index is 0.173. The van der Waals surface area contributed by atoms with Gasteiger partial charge in [0.2, 0.25) is 5.54 Å². The third kappa shape index (κ3) is 7.20. The molecule has 2 rings (SSSR count). The first kappa shape index (κ1) is 23.4. The van der Waals surface area contributed by atoms with Crippen molar-refractivity contribution in [2.75, 3.05) is 19.6 Å². The van der Waals surface area contributed by atoms with Gasteiger partial charge in [-0.15, -0.1) is 0 Å². The third-order valence-corrected chi connectivity index (χ3v) is 5.03. The average molecular weight is 421 g/mol. The summed E-state index contributed by atoms with van der Waals surface area (Å²) in [6, 6.07) is 9.33. The fourth-order valence-electron chi connectivity index (χ4n) is 3.34. The van der Waals surface area contributed by atoms with Gasteiger partial charge in [-0.3, -0.25) is 10.1 Å². The summed E-state index contributed by atoms with van der Waals surface area (Å²) in [5, 5.41) is 14.4. The molecule has 1 aliphatic rings. The Morgan fingerprint density at radius 2 is 1.83 bits per heavy atom. The summed E-state index contributed by atoms with van der Waals surface area (Å²) in [7, 11) is 0. The SMILES string of the molecule is CC(C)(C)OC(=O)N1CCC(CCCNC(=O)OCc2ccccc2)([N+](=O)[O-])CC1. The molecular formula is C21H31N3O6. The molecule has 0 radical (unpaired) electrons.